The van der Waals surface area contributed by atoms with Gasteiger partial charge < -0.3 is 15.4 Å². The van der Waals surface area contributed by atoms with Gasteiger partial charge in [-0.3, -0.25) is 14.3 Å². The maximum absolute atomic E-state index is 14.2. The van der Waals surface area contributed by atoms with Crippen LogP contribution in [0.4, 0.5) is 8.78 Å². The van der Waals surface area contributed by atoms with Crippen LogP contribution in [0.3, 0.4) is 0 Å². The van der Waals surface area contributed by atoms with E-state index in [1.165, 1.54) is 0 Å². The molecule has 0 saturated carbocycles. The molecule has 0 aliphatic carbocycles. The molecule has 9 heteroatoms. The predicted octanol–water partition coefficient (Wildman–Crippen LogP) is 3.38. The first-order valence-corrected chi connectivity index (χ1v) is 10.0. The van der Waals surface area contributed by atoms with Crippen LogP contribution >= 0.6 is 0 Å². The number of hydrogen-bond acceptors (Lipinski definition) is 4. The number of amides is 2. The highest BCUT2D eigenvalue weighted by atomic mass is 19.1. The molecule has 3 aromatic rings. The summed E-state index contributed by atoms with van der Waals surface area (Å²) in [5.74, 6) is -2.23. The van der Waals surface area contributed by atoms with Crippen LogP contribution in [0.15, 0.2) is 36.5 Å². The molecular weight excluding hydrogens is 406 g/mol. The molecule has 162 valence electrons. The zero-order valence-electron chi connectivity index (χ0n) is 17.1. The molecule has 1 saturated heterocycles. The fourth-order valence-electron chi connectivity index (χ4n) is 3.50. The van der Waals surface area contributed by atoms with Crippen molar-refractivity contribution < 1.29 is 23.1 Å². The summed E-state index contributed by atoms with van der Waals surface area (Å²) >= 11 is 0. The number of benzene rings is 2. The lowest BCUT2D eigenvalue weighted by molar-refractivity contribution is -0.120. The molecule has 31 heavy (non-hydrogen) atoms. The number of hydrogen-bond donors (Lipinski definition) is 2. The molecule has 2 N–H and O–H groups in total. The molecule has 1 aliphatic rings. The van der Waals surface area contributed by atoms with Crippen molar-refractivity contribution in [3.05, 3.63) is 53.7 Å². The van der Waals surface area contributed by atoms with Gasteiger partial charge in [-0.05, 0) is 36.6 Å². The Morgan fingerprint density at radius 1 is 1.29 bits per heavy atom. The Kier molecular flexibility index (Phi) is 5.58. The van der Waals surface area contributed by atoms with Crippen molar-refractivity contribution in [2.45, 2.75) is 32.9 Å². The van der Waals surface area contributed by atoms with E-state index >= 15 is 0 Å². The van der Waals surface area contributed by atoms with Gasteiger partial charge in [0.05, 0.1) is 17.3 Å². The first-order valence-electron chi connectivity index (χ1n) is 10.0. The Hall–Kier alpha value is -3.49. The number of halogens is 2. The summed E-state index contributed by atoms with van der Waals surface area (Å²) in [4.78, 5) is 24.9. The van der Waals surface area contributed by atoms with Crippen LogP contribution in [0.5, 0.6) is 11.5 Å². The summed E-state index contributed by atoms with van der Waals surface area (Å²) < 4.78 is 34.9. The minimum Gasteiger partial charge on any atom is -0.453 e. The number of rotatable bonds is 6. The van der Waals surface area contributed by atoms with Crippen molar-refractivity contribution in [1.29, 1.82) is 0 Å². The summed E-state index contributed by atoms with van der Waals surface area (Å²) in [7, 11) is 0. The lowest BCUT2D eigenvalue weighted by Gasteiger charge is -2.15. The van der Waals surface area contributed by atoms with Gasteiger partial charge in [-0.25, -0.2) is 8.78 Å². The van der Waals surface area contributed by atoms with E-state index in [-0.39, 0.29) is 23.0 Å². The minimum absolute atomic E-state index is 0.0815. The second kappa shape index (κ2) is 8.33. The second-order valence-corrected chi connectivity index (χ2v) is 7.91. The summed E-state index contributed by atoms with van der Waals surface area (Å²) in [6.45, 7) is 5.22. The van der Waals surface area contributed by atoms with E-state index in [1.807, 2.05) is 0 Å². The van der Waals surface area contributed by atoms with Crippen LogP contribution < -0.4 is 15.4 Å². The molecule has 1 fully saturated rings. The van der Waals surface area contributed by atoms with Gasteiger partial charge in [0.15, 0.2) is 11.6 Å². The lowest BCUT2D eigenvalue weighted by Crippen LogP contribution is -2.40. The SMILES string of the molecule is CC(C)Cn1ncc2cc(Oc3ccc(F)cc3F)c(C(=O)N[C@H]3CCNC3=O)cc21. The fraction of sp³-hybridized carbons (Fsp3) is 0.318. The normalized spacial score (nSPS) is 16.0. The maximum atomic E-state index is 14.2. The zero-order valence-corrected chi connectivity index (χ0v) is 17.1. The van der Waals surface area contributed by atoms with E-state index in [0.29, 0.717) is 42.4 Å². The Morgan fingerprint density at radius 2 is 2.10 bits per heavy atom. The van der Waals surface area contributed by atoms with Crippen molar-refractivity contribution >= 4 is 22.7 Å². The molecule has 0 radical (unpaired) electrons. The van der Waals surface area contributed by atoms with Crippen molar-refractivity contribution in [3.63, 3.8) is 0 Å². The molecule has 1 aromatic heterocycles. The number of nitrogens with zero attached hydrogens (tertiary/aromatic N) is 2. The lowest BCUT2D eigenvalue weighted by atomic mass is 10.1. The Balaban J connectivity index is 1.75. The molecule has 2 heterocycles. The van der Waals surface area contributed by atoms with Gasteiger partial charge >= 0.3 is 0 Å². The Bertz CT molecular complexity index is 1160. The molecule has 7 nitrogen and oxygen atoms in total. The van der Waals surface area contributed by atoms with Gasteiger partial charge in [0.25, 0.3) is 5.91 Å². The highest BCUT2D eigenvalue weighted by Crippen LogP contribution is 2.32. The fourth-order valence-corrected chi connectivity index (χ4v) is 3.50. The van der Waals surface area contributed by atoms with Crippen molar-refractivity contribution in [2.24, 2.45) is 5.92 Å². The molecule has 0 bridgehead atoms. The summed E-state index contributed by atoms with van der Waals surface area (Å²) in [6.07, 6.45) is 2.11. The Morgan fingerprint density at radius 3 is 2.77 bits per heavy atom. The standard InChI is InChI=1S/C22H22F2N4O3/c1-12(2)11-28-18-9-15(21(29)27-17-5-6-25-22(17)30)20(7-13(18)10-26-28)31-19-4-3-14(23)8-16(19)24/h3-4,7-10,12,17H,5-6,11H2,1-2H3,(H,25,30)(H,27,29)/t17-/m0/s1. The van der Waals surface area contributed by atoms with Gasteiger partial charge in [0.1, 0.15) is 17.6 Å². The molecule has 0 unspecified atom stereocenters. The molecule has 1 atom stereocenters. The number of carbonyl (C=O) groups excluding carboxylic acids is 2. The van der Waals surface area contributed by atoms with Crippen LogP contribution in [0.25, 0.3) is 10.9 Å². The van der Waals surface area contributed by atoms with E-state index in [2.05, 4.69) is 29.6 Å². The number of nitrogens with one attached hydrogen (secondary N) is 2. The van der Waals surface area contributed by atoms with Crippen LogP contribution in [-0.2, 0) is 11.3 Å². The van der Waals surface area contributed by atoms with E-state index < -0.39 is 23.6 Å². The maximum Gasteiger partial charge on any atom is 0.255 e. The van der Waals surface area contributed by atoms with Crippen LogP contribution in [0.2, 0.25) is 0 Å². The molecule has 1 aliphatic heterocycles. The van der Waals surface area contributed by atoms with Crippen LogP contribution in [-0.4, -0.2) is 34.2 Å². The summed E-state index contributed by atoms with van der Waals surface area (Å²) in [6, 6.07) is 5.48. The molecule has 2 aromatic carbocycles. The van der Waals surface area contributed by atoms with Crippen LogP contribution in [0, 0.1) is 17.6 Å². The summed E-state index contributed by atoms with van der Waals surface area (Å²) in [5.41, 5.74) is 0.836. The quantitative estimate of drug-likeness (QED) is 0.630. The number of ether oxygens (including phenoxy) is 1. The average molecular weight is 428 g/mol. The molecule has 4 rings (SSSR count). The largest absolute Gasteiger partial charge is 0.453 e. The highest BCUT2D eigenvalue weighted by Gasteiger charge is 2.28. The smallest absolute Gasteiger partial charge is 0.255 e. The zero-order chi connectivity index (χ0) is 22.1. The van der Waals surface area contributed by atoms with Gasteiger partial charge in [0.2, 0.25) is 5.91 Å². The third kappa shape index (κ3) is 4.35. The third-order valence-electron chi connectivity index (χ3n) is 4.99. The van der Waals surface area contributed by atoms with E-state index in [9.17, 15) is 18.4 Å². The average Bonchev–Trinajstić information content (AvgIpc) is 3.29. The topological polar surface area (TPSA) is 85.2 Å². The first-order chi connectivity index (χ1) is 14.8. The predicted molar refractivity (Wildman–Crippen MR) is 110 cm³/mol. The van der Waals surface area contributed by atoms with E-state index in [1.54, 1.807) is 23.0 Å². The van der Waals surface area contributed by atoms with Crippen molar-refractivity contribution in [2.75, 3.05) is 6.54 Å². The second-order valence-electron chi connectivity index (χ2n) is 7.91. The monoisotopic (exact) mass is 428 g/mol. The number of fused-ring (bicyclic) bond motifs is 1. The van der Waals surface area contributed by atoms with Gasteiger partial charge in [-0.15, -0.1) is 0 Å². The first kappa shape index (κ1) is 20.8. The highest BCUT2D eigenvalue weighted by molar-refractivity contribution is 6.03. The van der Waals surface area contributed by atoms with Crippen LogP contribution in [0.1, 0.15) is 30.6 Å². The minimum atomic E-state index is -0.892. The molecule has 2 amide bonds. The van der Waals surface area contributed by atoms with E-state index in [4.69, 9.17) is 4.74 Å². The summed E-state index contributed by atoms with van der Waals surface area (Å²) in [5, 5.41) is 10.4. The van der Waals surface area contributed by atoms with Crippen molar-refractivity contribution in [1.82, 2.24) is 20.4 Å². The molecular formula is C22H22F2N4O3. The van der Waals surface area contributed by atoms with E-state index in [0.717, 1.165) is 12.1 Å². The van der Waals surface area contributed by atoms with Gasteiger partial charge in [-0.2, -0.15) is 5.10 Å². The van der Waals surface area contributed by atoms with Gasteiger partial charge in [0, 0.05) is 24.5 Å². The molecule has 0 spiro atoms. The Labute approximate surface area is 177 Å². The van der Waals surface area contributed by atoms with Crippen molar-refractivity contribution in [3.8, 4) is 11.5 Å². The number of carbonyl (C=O) groups is 2. The number of aromatic nitrogens is 2. The third-order valence-corrected chi connectivity index (χ3v) is 4.99. The van der Waals surface area contributed by atoms with Gasteiger partial charge in [-0.1, -0.05) is 13.8 Å².